The number of fused-ring (bicyclic) bond motifs is 1. The summed E-state index contributed by atoms with van der Waals surface area (Å²) in [5.74, 6) is -0.285. The van der Waals surface area contributed by atoms with Crippen molar-refractivity contribution in [3.05, 3.63) is 95.3 Å². The highest BCUT2D eigenvalue weighted by molar-refractivity contribution is 6.30. The van der Waals surface area contributed by atoms with Crippen LogP contribution in [0.1, 0.15) is 16.1 Å². The number of nitrogens with zero attached hydrogens (tertiary/aromatic N) is 3. The molecule has 170 valence electrons. The average molecular weight is 482 g/mol. The van der Waals surface area contributed by atoms with Crippen molar-refractivity contribution in [3.63, 3.8) is 0 Å². The molecule has 0 radical (unpaired) electrons. The lowest BCUT2D eigenvalue weighted by molar-refractivity contribution is -0.143. The predicted octanol–water partition coefficient (Wildman–Crippen LogP) is 6.34. The van der Waals surface area contributed by atoms with Gasteiger partial charge in [-0.3, -0.25) is 4.79 Å². The number of nitrogens with one attached hydrogen (secondary N) is 2. The molecule has 0 fully saturated rings. The molecule has 0 aliphatic heterocycles. The third-order valence-corrected chi connectivity index (χ3v) is 5.41. The summed E-state index contributed by atoms with van der Waals surface area (Å²) >= 11 is 5.82. The summed E-state index contributed by atoms with van der Waals surface area (Å²) in [6.07, 6.45) is -3.91. The van der Waals surface area contributed by atoms with Crippen LogP contribution >= 0.6 is 11.6 Å². The summed E-state index contributed by atoms with van der Waals surface area (Å²) in [5, 5.41) is 6.67. The van der Waals surface area contributed by atoms with Crippen LogP contribution in [-0.4, -0.2) is 25.7 Å². The maximum atomic E-state index is 13.9. The normalized spacial score (nSPS) is 11.6. The molecule has 5 rings (SSSR count). The lowest BCUT2D eigenvalue weighted by Crippen LogP contribution is -2.20. The summed E-state index contributed by atoms with van der Waals surface area (Å²) in [7, 11) is 0. The zero-order valence-electron chi connectivity index (χ0n) is 17.3. The molecule has 0 unspecified atom stereocenters. The Kier molecular flexibility index (Phi) is 5.33. The number of hydrogen-bond acceptors (Lipinski definition) is 3. The SMILES string of the molecule is O=C(Nc1ccc(-c2nc3ccccc3[nH]2)cc1)c1cnn(-c2ccc(Cl)cc2)c1C(F)(F)F. The van der Waals surface area contributed by atoms with Gasteiger partial charge in [0.1, 0.15) is 5.82 Å². The predicted molar refractivity (Wildman–Crippen MR) is 123 cm³/mol. The zero-order valence-corrected chi connectivity index (χ0v) is 18.0. The fourth-order valence-electron chi connectivity index (χ4n) is 3.56. The molecule has 34 heavy (non-hydrogen) atoms. The first-order chi connectivity index (χ1) is 16.3. The molecule has 0 aliphatic rings. The van der Waals surface area contributed by atoms with E-state index in [1.54, 1.807) is 24.3 Å². The number of halogens is 4. The maximum Gasteiger partial charge on any atom is 0.434 e. The van der Waals surface area contributed by atoms with Gasteiger partial charge in [-0.15, -0.1) is 0 Å². The van der Waals surface area contributed by atoms with Gasteiger partial charge < -0.3 is 10.3 Å². The topological polar surface area (TPSA) is 75.6 Å². The molecule has 2 N–H and O–H groups in total. The first-order valence-corrected chi connectivity index (χ1v) is 10.4. The molecule has 2 aromatic heterocycles. The number of rotatable bonds is 4. The Morgan fingerprint density at radius 3 is 2.35 bits per heavy atom. The molecule has 0 atom stereocenters. The van der Waals surface area contributed by atoms with Gasteiger partial charge in [-0.05, 0) is 60.7 Å². The van der Waals surface area contributed by atoms with Crippen LogP contribution < -0.4 is 5.32 Å². The minimum atomic E-state index is -4.81. The number of para-hydroxylation sites is 2. The summed E-state index contributed by atoms with van der Waals surface area (Å²) in [5.41, 5.74) is 1.15. The van der Waals surface area contributed by atoms with Crippen molar-refractivity contribution in [1.82, 2.24) is 19.7 Å². The second-order valence-electron chi connectivity index (χ2n) is 7.43. The van der Waals surface area contributed by atoms with Crippen LogP contribution in [0, 0.1) is 0 Å². The number of alkyl halides is 3. The summed E-state index contributed by atoms with van der Waals surface area (Å²) < 4.78 is 42.2. The Bertz CT molecular complexity index is 1460. The Labute approximate surface area is 196 Å². The highest BCUT2D eigenvalue weighted by atomic mass is 35.5. The minimum absolute atomic E-state index is 0.131. The second-order valence-corrected chi connectivity index (χ2v) is 7.86. The number of aromatic amines is 1. The third-order valence-electron chi connectivity index (χ3n) is 5.16. The monoisotopic (exact) mass is 481 g/mol. The van der Waals surface area contributed by atoms with Crippen molar-refractivity contribution >= 4 is 34.2 Å². The van der Waals surface area contributed by atoms with E-state index >= 15 is 0 Å². The maximum absolute atomic E-state index is 13.9. The van der Waals surface area contributed by atoms with Crippen LogP contribution in [-0.2, 0) is 6.18 Å². The summed E-state index contributed by atoms with van der Waals surface area (Å²) in [4.78, 5) is 20.5. The van der Waals surface area contributed by atoms with Crippen LogP contribution in [0.3, 0.4) is 0 Å². The molecular weight excluding hydrogens is 467 g/mol. The van der Waals surface area contributed by atoms with Gasteiger partial charge in [-0.2, -0.15) is 18.3 Å². The van der Waals surface area contributed by atoms with Crippen LogP contribution in [0.15, 0.2) is 79.0 Å². The zero-order chi connectivity index (χ0) is 23.9. The molecule has 10 heteroatoms. The first-order valence-electron chi connectivity index (χ1n) is 10.1. The van der Waals surface area contributed by atoms with Crippen molar-refractivity contribution in [2.75, 3.05) is 5.32 Å². The molecule has 0 aliphatic carbocycles. The fraction of sp³-hybridized carbons (Fsp3) is 0.0417. The summed E-state index contributed by atoms with van der Waals surface area (Å²) in [6, 6.07) is 19.9. The van der Waals surface area contributed by atoms with Crippen LogP contribution in [0.4, 0.5) is 18.9 Å². The molecule has 0 saturated carbocycles. The lowest BCUT2D eigenvalue weighted by Gasteiger charge is -2.13. The standard InChI is InChI=1S/C24H15ClF3N5O/c25-15-7-11-17(12-8-15)33-21(24(26,27)28)18(13-29-33)23(34)30-16-9-5-14(6-10-16)22-31-19-3-1-2-4-20(19)32-22/h1-13H,(H,30,34)(H,31,32). The quantitative estimate of drug-likeness (QED) is 0.314. The van der Waals surface area contributed by atoms with Gasteiger partial charge in [0, 0.05) is 16.3 Å². The molecule has 3 aromatic carbocycles. The van der Waals surface area contributed by atoms with Crippen molar-refractivity contribution in [1.29, 1.82) is 0 Å². The van der Waals surface area contributed by atoms with E-state index in [1.807, 2.05) is 24.3 Å². The smallest absolute Gasteiger partial charge is 0.338 e. The van der Waals surface area contributed by atoms with Gasteiger partial charge in [0.15, 0.2) is 5.69 Å². The molecule has 6 nitrogen and oxygen atoms in total. The molecular formula is C24H15ClF3N5O. The van der Waals surface area contributed by atoms with Gasteiger partial charge in [0.05, 0.1) is 28.5 Å². The first kappa shape index (κ1) is 21.7. The van der Waals surface area contributed by atoms with E-state index in [1.165, 1.54) is 24.3 Å². The fourth-order valence-corrected chi connectivity index (χ4v) is 3.69. The van der Waals surface area contributed by atoms with Gasteiger partial charge >= 0.3 is 6.18 Å². The van der Waals surface area contributed by atoms with Crippen molar-refractivity contribution in [2.24, 2.45) is 0 Å². The van der Waals surface area contributed by atoms with Crippen LogP contribution in [0.2, 0.25) is 5.02 Å². The van der Waals surface area contributed by atoms with Gasteiger partial charge in [-0.25, -0.2) is 9.67 Å². The highest BCUT2D eigenvalue weighted by Gasteiger charge is 2.40. The summed E-state index contributed by atoms with van der Waals surface area (Å²) in [6.45, 7) is 0. The van der Waals surface area contributed by atoms with Crippen molar-refractivity contribution in [2.45, 2.75) is 6.18 Å². The highest BCUT2D eigenvalue weighted by Crippen LogP contribution is 2.34. The van der Waals surface area contributed by atoms with E-state index < -0.39 is 23.3 Å². The molecule has 2 heterocycles. The lowest BCUT2D eigenvalue weighted by atomic mass is 10.1. The second kappa shape index (κ2) is 8.35. The van der Waals surface area contributed by atoms with Crippen molar-refractivity contribution < 1.29 is 18.0 Å². The van der Waals surface area contributed by atoms with E-state index in [0.29, 0.717) is 21.2 Å². The Hall–Kier alpha value is -4.11. The van der Waals surface area contributed by atoms with Crippen LogP contribution in [0.25, 0.3) is 28.1 Å². The van der Waals surface area contributed by atoms with E-state index in [0.717, 1.165) is 22.8 Å². The van der Waals surface area contributed by atoms with E-state index in [-0.39, 0.29) is 5.69 Å². The molecule has 0 spiro atoms. The number of amides is 1. The Balaban J connectivity index is 1.41. The number of benzene rings is 3. The van der Waals surface area contributed by atoms with Gasteiger partial charge in [0.25, 0.3) is 5.91 Å². The number of imidazole rings is 1. The molecule has 1 amide bonds. The number of carbonyl (C=O) groups is 1. The minimum Gasteiger partial charge on any atom is -0.338 e. The number of H-pyrrole nitrogens is 1. The van der Waals surface area contributed by atoms with Crippen LogP contribution in [0.5, 0.6) is 0 Å². The Morgan fingerprint density at radius 1 is 0.971 bits per heavy atom. The molecule has 0 bridgehead atoms. The largest absolute Gasteiger partial charge is 0.434 e. The number of aromatic nitrogens is 4. The van der Waals surface area contributed by atoms with Crippen molar-refractivity contribution in [3.8, 4) is 17.1 Å². The third kappa shape index (κ3) is 4.13. The average Bonchev–Trinajstić information content (AvgIpc) is 3.45. The van der Waals surface area contributed by atoms with Gasteiger partial charge in [0.2, 0.25) is 0 Å². The molecule has 0 saturated heterocycles. The van der Waals surface area contributed by atoms with E-state index in [4.69, 9.17) is 11.6 Å². The number of carbonyl (C=O) groups excluding carboxylic acids is 1. The van der Waals surface area contributed by atoms with Gasteiger partial charge in [-0.1, -0.05) is 23.7 Å². The van der Waals surface area contributed by atoms with E-state index in [2.05, 4.69) is 20.4 Å². The number of anilines is 1. The van der Waals surface area contributed by atoms with E-state index in [9.17, 15) is 18.0 Å². The Morgan fingerprint density at radius 2 is 1.68 bits per heavy atom. The number of hydrogen-bond donors (Lipinski definition) is 2. The molecule has 5 aromatic rings.